The van der Waals surface area contributed by atoms with Crippen molar-refractivity contribution in [1.29, 1.82) is 0 Å². The fourth-order valence-corrected chi connectivity index (χ4v) is 2.43. The van der Waals surface area contributed by atoms with E-state index in [1.54, 1.807) is 31.2 Å². The molecule has 1 aromatic rings. The van der Waals surface area contributed by atoms with E-state index in [1.807, 2.05) is 0 Å². The number of carboxylic acids is 1. The lowest BCUT2D eigenvalue weighted by atomic mass is 10.0. The second kappa shape index (κ2) is 5.27. The highest BCUT2D eigenvalue weighted by atomic mass is 16.4. The number of nitrogens with one attached hydrogen (secondary N) is 1. The Bertz CT molecular complexity index is 523. The summed E-state index contributed by atoms with van der Waals surface area (Å²) in [7, 11) is 0. The van der Waals surface area contributed by atoms with Crippen LogP contribution in [0.25, 0.3) is 0 Å². The van der Waals surface area contributed by atoms with Crippen LogP contribution in [0.3, 0.4) is 0 Å². The molecular formula is C16H21NO3. The number of aliphatic carboxylic acids is 1. The van der Waals surface area contributed by atoms with Gasteiger partial charge in [-0.1, -0.05) is 26.0 Å². The molecule has 4 nitrogen and oxygen atoms in total. The summed E-state index contributed by atoms with van der Waals surface area (Å²) in [6.07, 6.45) is 1.96. The van der Waals surface area contributed by atoms with Crippen molar-refractivity contribution in [3.05, 3.63) is 29.8 Å². The number of rotatable bonds is 5. The lowest BCUT2D eigenvalue weighted by molar-refractivity contribution is -0.138. The number of benzene rings is 1. The van der Waals surface area contributed by atoms with Crippen molar-refractivity contribution >= 4 is 17.6 Å². The minimum atomic E-state index is -0.849. The van der Waals surface area contributed by atoms with Gasteiger partial charge in [-0.2, -0.15) is 0 Å². The molecule has 20 heavy (non-hydrogen) atoms. The van der Waals surface area contributed by atoms with Gasteiger partial charge in [0.25, 0.3) is 0 Å². The van der Waals surface area contributed by atoms with E-state index in [-0.39, 0.29) is 17.2 Å². The van der Waals surface area contributed by atoms with Crippen molar-refractivity contribution in [3.63, 3.8) is 0 Å². The SMILES string of the molecule is CCC1(C)CC1C(=O)Nc1ccc(C(C)C(=O)O)cc1. The third-order valence-electron chi connectivity index (χ3n) is 4.52. The van der Waals surface area contributed by atoms with Gasteiger partial charge in [-0.15, -0.1) is 0 Å². The predicted octanol–water partition coefficient (Wildman–Crippen LogP) is 3.25. The van der Waals surface area contributed by atoms with Crippen LogP contribution in [0.5, 0.6) is 0 Å². The van der Waals surface area contributed by atoms with Gasteiger partial charge < -0.3 is 10.4 Å². The van der Waals surface area contributed by atoms with E-state index in [1.165, 1.54) is 0 Å². The van der Waals surface area contributed by atoms with Gasteiger partial charge in [0.1, 0.15) is 0 Å². The second-order valence-corrected chi connectivity index (χ2v) is 5.94. The molecule has 0 aliphatic heterocycles. The van der Waals surface area contributed by atoms with Gasteiger partial charge in [-0.25, -0.2) is 0 Å². The van der Waals surface area contributed by atoms with Crippen molar-refractivity contribution in [1.82, 2.24) is 0 Å². The Hall–Kier alpha value is -1.84. The van der Waals surface area contributed by atoms with E-state index < -0.39 is 11.9 Å². The predicted molar refractivity (Wildman–Crippen MR) is 77.6 cm³/mol. The molecule has 4 heteroatoms. The number of carbonyl (C=O) groups is 2. The quantitative estimate of drug-likeness (QED) is 0.866. The summed E-state index contributed by atoms with van der Waals surface area (Å²) in [5, 5.41) is 11.8. The second-order valence-electron chi connectivity index (χ2n) is 5.94. The third kappa shape index (κ3) is 2.84. The van der Waals surface area contributed by atoms with Gasteiger partial charge in [0.15, 0.2) is 0 Å². The van der Waals surface area contributed by atoms with Crippen LogP contribution >= 0.6 is 0 Å². The molecule has 0 spiro atoms. The van der Waals surface area contributed by atoms with Gasteiger partial charge in [0.2, 0.25) is 5.91 Å². The summed E-state index contributed by atoms with van der Waals surface area (Å²) in [5.41, 5.74) is 1.61. The van der Waals surface area contributed by atoms with Crippen LogP contribution in [-0.4, -0.2) is 17.0 Å². The molecule has 1 aromatic carbocycles. The van der Waals surface area contributed by atoms with E-state index in [0.717, 1.165) is 24.1 Å². The summed E-state index contributed by atoms with van der Waals surface area (Å²) in [4.78, 5) is 23.0. The molecule has 0 aromatic heterocycles. The Balaban J connectivity index is 1.98. The molecule has 1 saturated carbocycles. The Morgan fingerprint density at radius 2 is 2.00 bits per heavy atom. The smallest absolute Gasteiger partial charge is 0.310 e. The first kappa shape index (κ1) is 14.6. The zero-order valence-corrected chi connectivity index (χ0v) is 12.1. The van der Waals surface area contributed by atoms with Gasteiger partial charge in [0.05, 0.1) is 5.92 Å². The van der Waals surface area contributed by atoms with Crippen LogP contribution in [0, 0.1) is 11.3 Å². The van der Waals surface area contributed by atoms with Crippen molar-refractivity contribution < 1.29 is 14.7 Å². The molecule has 0 bridgehead atoms. The fourth-order valence-electron chi connectivity index (χ4n) is 2.43. The minimum absolute atomic E-state index is 0.0633. The van der Waals surface area contributed by atoms with Crippen LogP contribution in [0.2, 0.25) is 0 Å². The number of hydrogen-bond donors (Lipinski definition) is 2. The zero-order valence-electron chi connectivity index (χ0n) is 12.1. The van der Waals surface area contributed by atoms with Crippen LogP contribution < -0.4 is 5.32 Å². The number of amides is 1. The molecule has 1 aliphatic carbocycles. The Morgan fingerprint density at radius 1 is 1.40 bits per heavy atom. The number of carboxylic acid groups (broad SMARTS) is 1. The van der Waals surface area contributed by atoms with E-state index >= 15 is 0 Å². The molecule has 1 fully saturated rings. The summed E-state index contributed by atoms with van der Waals surface area (Å²) in [6, 6.07) is 7.03. The van der Waals surface area contributed by atoms with Gasteiger partial charge in [-0.05, 0) is 42.9 Å². The average molecular weight is 275 g/mol. The fraction of sp³-hybridized carbons (Fsp3) is 0.500. The molecule has 1 aliphatic rings. The molecule has 3 unspecified atom stereocenters. The van der Waals surface area contributed by atoms with E-state index in [9.17, 15) is 9.59 Å². The van der Waals surface area contributed by atoms with Gasteiger partial charge in [0, 0.05) is 11.6 Å². The van der Waals surface area contributed by atoms with Crippen molar-refractivity contribution in [3.8, 4) is 0 Å². The maximum atomic E-state index is 12.1. The van der Waals surface area contributed by atoms with Crippen LogP contribution in [-0.2, 0) is 9.59 Å². The Morgan fingerprint density at radius 3 is 2.45 bits per heavy atom. The highest BCUT2D eigenvalue weighted by Gasteiger charge is 2.52. The Labute approximate surface area is 119 Å². The van der Waals surface area contributed by atoms with Crippen LogP contribution in [0.4, 0.5) is 5.69 Å². The summed E-state index contributed by atoms with van der Waals surface area (Å²) >= 11 is 0. The molecule has 2 N–H and O–H groups in total. The standard InChI is InChI=1S/C16H21NO3/c1-4-16(3)9-13(16)14(18)17-12-7-5-11(6-8-12)10(2)15(19)20/h5-8,10,13H,4,9H2,1-3H3,(H,17,18)(H,19,20). The maximum Gasteiger partial charge on any atom is 0.310 e. The molecule has 0 radical (unpaired) electrons. The first-order valence-electron chi connectivity index (χ1n) is 7.01. The summed E-state index contributed by atoms with van der Waals surface area (Å²) in [6.45, 7) is 5.89. The lowest BCUT2D eigenvalue weighted by Crippen LogP contribution is -2.17. The molecule has 0 heterocycles. The van der Waals surface area contributed by atoms with Crippen molar-refractivity contribution in [2.24, 2.45) is 11.3 Å². The topological polar surface area (TPSA) is 66.4 Å². The number of anilines is 1. The first-order valence-corrected chi connectivity index (χ1v) is 7.01. The third-order valence-corrected chi connectivity index (χ3v) is 4.52. The number of hydrogen-bond acceptors (Lipinski definition) is 2. The molecule has 1 amide bonds. The highest BCUT2D eigenvalue weighted by Crippen LogP contribution is 2.55. The average Bonchev–Trinajstić information content (AvgIpc) is 3.12. The molecule has 108 valence electrons. The highest BCUT2D eigenvalue weighted by molar-refractivity contribution is 5.95. The minimum Gasteiger partial charge on any atom is -0.481 e. The van der Waals surface area contributed by atoms with E-state index in [0.29, 0.717) is 0 Å². The van der Waals surface area contributed by atoms with E-state index in [4.69, 9.17) is 5.11 Å². The monoisotopic (exact) mass is 275 g/mol. The first-order chi connectivity index (χ1) is 9.37. The van der Waals surface area contributed by atoms with E-state index in [2.05, 4.69) is 19.2 Å². The molecule has 2 rings (SSSR count). The molecular weight excluding hydrogens is 254 g/mol. The number of carbonyl (C=O) groups excluding carboxylic acids is 1. The molecule has 3 atom stereocenters. The van der Waals surface area contributed by atoms with Gasteiger partial charge in [-0.3, -0.25) is 9.59 Å². The van der Waals surface area contributed by atoms with Crippen LogP contribution in [0.15, 0.2) is 24.3 Å². The van der Waals surface area contributed by atoms with Gasteiger partial charge >= 0.3 is 5.97 Å². The summed E-state index contributed by atoms with van der Waals surface area (Å²) in [5.74, 6) is -1.22. The lowest BCUT2D eigenvalue weighted by Gasteiger charge is -2.10. The molecule has 0 saturated heterocycles. The summed E-state index contributed by atoms with van der Waals surface area (Å²) < 4.78 is 0. The van der Waals surface area contributed by atoms with Crippen LogP contribution in [0.1, 0.15) is 45.1 Å². The largest absolute Gasteiger partial charge is 0.481 e. The zero-order chi connectivity index (χ0) is 14.9. The normalized spacial score (nSPS) is 25.9. The van der Waals surface area contributed by atoms with Crippen molar-refractivity contribution in [2.45, 2.75) is 39.5 Å². The Kier molecular flexibility index (Phi) is 3.84. The maximum absolute atomic E-state index is 12.1. The van der Waals surface area contributed by atoms with Crippen molar-refractivity contribution in [2.75, 3.05) is 5.32 Å².